The molecule has 1 aromatic heterocycles. The van der Waals surface area contributed by atoms with E-state index in [4.69, 9.17) is 4.74 Å². The molecule has 2 aromatic rings. The van der Waals surface area contributed by atoms with Crippen molar-refractivity contribution in [3.05, 3.63) is 29.6 Å². The van der Waals surface area contributed by atoms with Gasteiger partial charge in [-0.15, -0.1) is 0 Å². The van der Waals surface area contributed by atoms with Crippen molar-refractivity contribution in [2.45, 2.75) is 51.4 Å². The first-order valence-electron chi connectivity index (χ1n) is 7.98. The van der Waals surface area contributed by atoms with Gasteiger partial charge in [-0.25, -0.2) is 4.39 Å². The Labute approximate surface area is 130 Å². The van der Waals surface area contributed by atoms with E-state index in [0.29, 0.717) is 5.92 Å². The first kappa shape index (κ1) is 14.8. The largest absolute Gasteiger partial charge is 0.487 e. The molecule has 0 atom stereocenters. The number of ether oxygens (including phenoxy) is 1. The Bertz CT molecular complexity index is 611. The van der Waals surface area contributed by atoms with Crippen molar-refractivity contribution in [3.63, 3.8) is 0 Å². The third-order valence-corrected chi connectivity index (χ3v) is 5.92. The highest BCUT2D eigenvalue weighted by Gasteiger charge is 2.25. The molecule has 0 unspecified atom stereocenters. The number of hydrogen-bond acceptors (Lipinski definition) is 2. The Hall–Kier alpha value is -1.09. The molecular formula is C18H23FOS. The van der Waals surface area contributed by atoms with E-state index in [1.807, 2.05) is 18.2 Å². The number of methoxy groups -OCH3 is 1. The number of rotatable bonds is 4. The van der Waals surface area contributed by atoms with E-state index in [0.717, 1.165) is 39.5 Å². The van der Waals surface area contributed by atoms with E-state index < -0.39 is 0 Å². The Morgan fingerprint density at radius 2 is 2.00 bits per heavy atom. The van der Waals surface area contributed by atoms with E-state index in [1.54, 1.807) is 7.11 Å². The molecule has 1 aliphatic rings. The zero-order valence-corrected chi connectivity index (χ0v) is 13.6. The molecule has 0 spiro atoms. The fourth-order valence-electron chi connectivity index (χ4n) is 3.65. The molecule has 1 saturated carbocycles. The lowest BCUT2D eigenvalue weighted by Gasteiger charge is -2.28. The van der Waals surface area contributed by atoms with Crippen LogP contribution in [0, 0.1) is 11.7 Å². The van der Waals surface area contributed by atoms with Crippen LogP contribution in [0.15, 0.2) is 18.2 Å². The summed E-state index contributed by atoms with van der Waals surface area (Å²) < 4.78 is 20.8. The van der Waals surface area contributed by atoms with Gasteiger partial charge in [0.25, 0.3) is 0 Å². The van der Waals surface area contributed by atoms with Gasteiger partial charge in [0.1, 0.15) is 5.82 Å². The summed E-state index contributed by atoms with van der Waals surface area (Å²) in [5, 5.41) is 1.74. The van der Waals surface area contributed by atoms with Gasteiger partial charge in [0, 0.05) is 0 Å². The van der Waals surface area contributed by atoms with Crippen molar-refractivity contribution >= 4 is 21.4 Å². The molecule has 0 aliphatic heterocycles. The second kappa shape index (κ2) is 6.35. The average molecular weight is 306 g/mol. The van der Waals surface area contributed by atoms with Gasteiger partial charge in [0.2, 0.25) is 0 Å². The highest BCUT2D eigenvalue weighted by atomic mass is 32.1. The maximum absolute atomic E-state index is 14.8. The SMILES string of the molecule is CCCC1CCC(c2ccc3cc(OC)sc3c2F)CC1. The van der Waals surface area contributed by atoms with Crippen LogP contribution in [0.2, 0.25) is 0 Å². The smallest absolute Gasteiger partial charge is 0.174 e. The van der Waals surface area contributed by atoms with Crippen LogP contribution in [0.25, 0.3) is 10.1 Å². The van der Waals surface area contributed by atoms with Gasteiger partial charge in [-0.2, -0.15) is 0 Å². The highest BCUT2D eigenvalue weighted by molar-refractivity contribution is 7.20. The minimum Gasteiger partial charge on any atom is -0.487 e. The van der Waals surface area contributed by atoms with E-state index in [1.165, 1.54) is 37.0 Å². The summed E-state index contributed by atoms with van der Waals surface area (Å²) in [6.07, 6.45) is 7.37. The maximum atomic E-state index is 14.8. The van der Waals surface area contributed by atoms with Crippen molar-refractivity contribution in [2.75, 3.05) is 7.11 Å². The lowest BCUT2D eigenvalue weighted by molar-refractivity contribution is 0.305. The lowest BCUT2D eigenvalue weighted by Crippen LogP contribution is -2.14. The van der Waals surface area contributed by atoms with Gasteiger partial charge in [-0.05, 0) is 54.5 Å². The topological polar surface area (TPSA) is 9.23 Å². The van der Waals surface area contributed by atoms with E-state index in [2.05, 4.69) is 6.92 Å². The summed E-state index contributed by atoms with van der Waals surface area (Å²) in [6.45, 7) is 2.25. The second-order valence-electron chi connectivity index (χ2n) is 6.16. The van der Waals surface area contributed by atoms with Crippen molar-refractivity contribution < 1.29 is 9.13 Å². The zero-order chi connectivity index (χ0) is 14.8. The van der Waals surface area contributed by atoms with Crippen molar-refractivity contribution in [3.8, 4) is 5.06 Å². The highest BCUT2D eigenvalue weighted by Crippen LogP contribution is 2.42. The normalized spacial score (nSPS) is 22.6. The molecule has 0 N–H and O–H groups in total. The third kappa shape index (κ3) is 2.94. The Balaban J connectivity index is 1.83. The Kier molecular flexibility index (Phi) is 4.48. The van der Waals surface area contributed by atoms with Crippen LogP contribution in [0.4, 0.5) is 4.39 Å². The Morgan fingerprint density at radius 3 is 2.67 bits per heavy atom. The summed E-state index contributed by atoms with van der Waals surface area (Å²) in [6, 6.07) is 5.96. The van der Waals surface area contributed by atoms with Crippen LogP contribution in [0.5, 0.6) is 5.06 Å². The molecule has 0 amide bonds. The summed E-state index contributed by atoms with van der Waals surface area (Å²) in [5.74, 6) is 1.25. The number of hydrogen-bond donors (Lipinski definition) is 0. The van der Waals surface area contributed by atoms with Gasteiger partial charge in [0.15, 0.2) is 5.06 Å². The second-order valence-corrected chi connectivity index (χ2v) is 7.18. The van der Waals surface area contributed by atoms with Crippen molar-refractivity contribution in [1.82, 2.24) is 0 Å². The molecule has 1 heterocycles. The van der Waals surface area contributed by atoms with E-state index >= 15 is 0 Å². The average Bonchev–Trinajstić information content (AvgIpc) is 2.93. The number of halogens is 1. The maximum Gasteiger partial charge on any atom is 0.174 e. The molecule has 1 aromatic carbocycles. The molecule has 3 heteroatoms. The number of thiophene rings is 1. The molecule has 1 nitrogen and oxygen atoms in total. The van der Waals surface area contributed by atoms with Gasteiger partial charge < -0.3 is 4.74 Å². The fourth-order valence-corrected chi connectivity index (χ4v) is 4.57. The molecule has 0 bridgehead atoms. The predicted molar refractivity (Wildman–Crippen MR) is 87.9 cm³/mol. The van der Waals surface area contributed by atoms with Crippen LogP contribution in [0.1, 0.15) is 56.9 Å². The fraction of sp³-hybridized carbons (Fsp3) is 0.556. The molecular weight excluding hydrogens is 283 g/mol. The van der Waals surface area contributed by atoms with Gasteiger partial charge in [-0.3, -0.25) is 0 Å². The molecule has 114 valence electrons. The van der Waals surface area contributed by atoms with Crippen LogP contribution in [0.3, 0.4) is 0 Å². The van der Waals surface area contributed by atoms with Crippen molar-refractivity contribution in [2.24, 2.45) is 5.92 Å². The summed E-state index contributed by atoms with van der Waals surface area (Å²) in [4.78, 5) is 0. The van der Waals surface area contributed by atoms with E-state index in [-0.39, 0.29) is 5.82 Å². The van der Waals surface area contributed by atoms with Crippen LogP contribution >= 0.6 is 11.3 Å². The van der Waals surface area contributed by atoms with Crippen LogP contribution < -0.4 is 4.74 Å². The number of fused-ring (bicyclic) bond motifs is 1. The Morgan fingerprint density at radius 1 is 1.24 bits per heavy atom. The monoisotopic (exact) mass is 306 g/mol. The van der Waals surface area contributed by atoms with Gasteiger partial charge >= 0.3 is 0 Å². The molecule has 21 heavy (non-hydrogen) atoms. The standard InChI is InChI=1S/C18H23FOS/c1-3-4-12-5-7-13(8-6-12)15-10-9-14-11-16(20-2)21-18(14)17(15)19/h9-13H,3-8H2,1-2H3. The molecule has 0 saturated heterocycles. The van der Waals surface area contributed by atoms with Crippen LogP contribution in [-0.4, -0.2) is 7.11 Å². The zero-order valence-electron chi connectivity index (χ0n) is 12.8. The summed E-state index contributed by atoms with van der Waals surface area (Å²) in [5.41, 5.74) is 0.918. The van der Waals surface area contributed by atoms with Crippen molar-refractivity contribution in [1.29, 1.82) is 0 Å². The van der Waals surface area contributed by atoms with E-state index in [9.17, 15) is 4.39 Å². The lowest BCUT2D eigenvalue weighted by atomic mass is 9.77. The summed E-state index contributed by atoms with van der Waals surface area (Å²) >= 11 is 1.41. The van der Waals surface area contributed by atoms with Gasteiger partial charge in [0.05, 0.1) is 11.8 Å². The van der Waals surface area contributed by atoms with Crippen LogP contribution in [-0.2, 0) is 0 Å². The quantitative estimate of drug-likeness (QED) is 0.661. The minimum atomic E-state index is -0.0141. The molecule has 0 radical (unpaired) electrons. The summed E-state index contributed by atoms with van der Waals surface area (Å²) in [7, 11) is 1.64. The molecule has 1 fully saturated rings. The van der Waals surface area contributed by atoms with Gasteiger partial charge in [-0.1, -0.05) is 43.2 Å². The molecule has 1 aliphatic carbocycles. The predicted octanol–water partition coefficient (Wildman–Crippen LogP) is 6.12. The molecule has 3 rings (SSSR count). The third-order valence-electron chi connectivity index (χ3n) is 4.82. The number of benzene rings is 1. The first-order chi connectivity index (χ1) is 10.2. The minimum absolute atomic E-state index is 0.0141. The first-order valence-corrected chi connectivity index (χ1v) is 8.80.